The molecule has 3 aromatic carbocycles. The summed E-state index contributed by atoms with van der Waals surface area (Å²) >= 11 is 0. The van der Waals surface area contributed by atoms with E-state index in [-0.39, 0.29) is 11.8 Å². The van der Waals surface area contributed by atoms with E-state index < -0.39 is 18.2 Å². The van der Waals surface area contributed by atoms with Gasteiger partial charge in [0.1, 0.15) is 0 Å². The minimum absolute atomic E-state index is 0.294. The Labute approximate surface area is 225 Å². The lowest BCUT2D eigenvalue weighted by molar-refractivity contribution is -0.192. The van der Waals surface area contributed by atoms with Gasteiger partial charge in [0.2, 0.25) is 5.91 Å². The average Bonchev–Trinajstić information content (AvgIpc) is 3.21. The van der Waals surface area contributed by atoms with Gasteiger partial charge in [-0.1, -0.05) is 60.7 Å². The van der Waals surface area contributed by atoms with Crippen molar-refractivity contribution in [3.63, 3.8) is 0 Å². The van der Waals surface area contributed by atoms with Gasteiger partial charge in [-0.15, -0.1) is 0 Å². The Hall–Kier alpha value is -4.97. The molecule has 0 spiro atoms. The Balaban J connectivity index is 0.000000470. The molecule has 2 heterocycles. The molecule has 1 unspecified atom stereocenters. The van der Waals surface area contributed by atoms with Crippen LogP contribution in [0.3, 0.4) is 0 Å². The van der Waals surface area contributed by atoms with Crippen molar-refractivity contribution in [1.29, 1.82) is 0 Å². The molecule has 1 aliphatic heterocycles. The van der Waals surface area contributed by atoms with Crippen molar-refractivity contribution < 1.29 is 32.7 Å². The van der Waals surface area contributed by atoms with Crippen LogP contribution in [-0.4, -0.2) is 46.3 Å². The third kappa shape index (κ3) is 6.53. The zero-order valence-corrected chi connectivity index (χ0v) is 20.8. The number of aromatic nitrogens is 1. The lowest BCUT2D eigenvalue weighted by atomic mass is 10.0. The van der Waals surface area contributed by atoms with Gasteiger partial charge in [0.25, 0.3) is 5.91 Å². The summed E-state index contributed by atoms with van der Waals surface area (Å²) in [4.78, 5) is 37.7. The third-order valence-electron chi connectivity index (χ3n) is 6.04. The zero-order chi connectivity index (χ0) is 28.9. The molecule has 5 rings (SSSR count). The second-order valence-corrected chi connectivity index (χ2v) is 8.85. The van der Waals surface area contributed by atoms with E-state index in [0.717, 1.165) is 33.3 Å². The molecule has 6 N–H and O–H groups in total. The highest BCUT2D eigenvalue weighted by Gasteiger charge is 2.38. The highest BCUT2D eigenvalue weighted by Crippen LogP contribution is 2.34. The molecule has 40 heavy (non-hydrogen) atoms. The van der Waals surface area contributed by atoms with Crippen molar-refractivity contribution in [1.82, 2.24) is 10.4 Å². The number of amides is 2. The molecular formula is C28H24F3N5O4. The SMILES string of the molecule is NC(CCc1ccccc1)C(=O)Nc1cc2c3c(c(-c4ccccc4)[nH]c3c1)C=NNC2=O.O=C(O)C(F)(F)F. The number of aliphatic carboxylic acids is 1. The summed E-state index contributed by atoms with van der Waals surface area (Å²) in [5.41, 5.74) is 14.1. The number of aromatic amines is 1. The van der Waals surface area contributed by atoms with Gasteiger partial charge in [-0.05, 0) is 36.1 Å². The van der Waals surface area contributed by atoms with E-state index in [1.165, 1.54) is 0 Å². The van der Waals surface area contributed by atoms with E-state index >= 15 is 0 Å². The monoisotopic (exact) mass is 551 g/mol. The Kier molecular flexibility index (Phi) is 8.29. The number of nitrogens with two attached hydrogens (primary N) is 1. The number of rotatable bonds is 6. The number of anilines is 1. The summed E-state index contributed by atoms with van der Waals surface area (Å²) in [7, 11) is 0. The predicted octanol–water partition coefficient (Wildman–Crippen LogP) is 4.44. The summed E-state index contributed by atoms with van der Waals surface area (Å²) < 4.78 is 31.7. The fourth-order valence-electron chi connectivity index (χ4n) is 4.12. The number of alkyl halides is 3. The van der Waals surface area contributed by atoms with Crippen molar-refractivity contribution in [2.75, 3.05) is 5.32 Å². The molecule has 0 saturated heterocycles. The first-order chi connectivity index (χ1) is 19.0. The Bertz CT molecular complexity index is 1570. The molecule has 4 aromatic rings. The predicted molar refractivity (Wildman–Crippen MR) is 144 cm³/mol. The van der Waals surface area contributed by atoms with Crippen molar-refractivity contribution in [2.45, 2.75) is 25.1 Å². The van der Waals surface area contributed by atoms with Crippen LogP contribution in [0.2, 0.25) is 0 Å². The zero-order valence-electron chi connectivity index (χ0n) is 20.8. The number of aryl methyl sites for hydroxylation is 1. The maximum absolute atomic E-state index is 12.8. The Morgan fingerprint density at radius 1 is 1.02 bits per heavy atom. The number of carbonyl (C=O) groups excluding carboxylic acids is 2. The number of hydrazone groups is 1. The van der Waals surface area contributed by atoms with Gasteiger partial charge in [-0.3, -0.25) is 9.59 Å². The van der Waals surface area contributed by atoms with E-state index in [9.17, 15) is 22.8 Å². The number of carboxylic acid groups (broad SMARTS) is 1. The lowest BCUT2D eigenvalue weighted by Gasteiger charge is -2.13. The first-order valence-electron chi connectivity index (χ1n) is 12.0. The van der Waals surface area contributed by atoms with Crippen LogP contribution in [0.5, 0.6) is 0 Å². The van der Waals surface area contributed by atoms with Crippen molar-refractivity contribution in [3.8, 4) is 11.3 Å². The standard InChI is InChI=1S/C26H23N5O2.C2HF3O2/c27-21(12-11-16-7-3-1-4-8-16)26(33)29-18-13-19-23-20(15-28-31-25(19)32)24(30-22(23)14-18)17-9-5-2-6-10-17;3-2(4,5)1(6)7/h1-10,13-15,21,30H,11-12,27H2,(H,29,33)(H,31,32);(H,6,7). The minimum atomic E-state index is -5.08. The number of hydrogen-bond donors (Lipinski definition) is 5. The molecule has 9 nitrogen and oxygen atoms in total. The maximum atomic E-state index is 12.8. The number of nitrogens with zero attached hydrogens (tertiary/aromatic N) is 1. The van der Waals surface area contributed by atoms with Crippen molar-refractivity contribution in [2.24, 2.45) is 10.8 Å². The van der Waals surface area contributed by atoms with E-state index in [4.69, 9.17) is 15.6 Å². The number of hydrogen-bond acceptors (Lipinski definition) is 5. The van der Waals surface area contributed by atoms with Gasteiger partial charge in [-0.25, -0.2) is 10.2 Å². The number of halogens is 3. The highest BCUT2D eigenvalue weighted by molar-refractivity contribution is 6.18. The quantitative estimate of drug-likeness (QED) is 0.240. The summed E-state index contributed by atoms with van der Waals surface area (Å²) in [5, 5.41) is 14.8. The molecule has 2 amide bonds. The number of nitrogens with one attached hydrogen (secondary N) is 3. The topological polar surface area (TPSA) is 150 Å². The summed E-state index contributed by atoms with van der Waals surface area (Å²) in [6.45, 7) is 0. The highest BCUT2D eigenvalue weighted by atomic mass is 19.4. The Morgan fingerprint density at radius 3 is 2.27 bits per heavy atom. The van der Waals surface area contributed by atoms with E-state index in [1.54, 1.807) is 12.3 Å². The van der Waals surface area contributed by atoms with E-state index in [2.05, 4.69) is 20.8 Å². The minimum Gasteiger partial charge on any atom is -0.475 e. The van der Waals surface area contributed by atoms with Crippen LogP contribution in [0.25, 0.3) is 22.2 Å². The average molecular weight is 552 g/mol. The molecule has 1 aliphatic rings. The van der Waals surface area contributed by atoms with Crippen LogP contribution in [0.4, 0.5) is 18.9 Å². The van der Waals surface area contributed by atoms with E-state index in [0.29, 0.717) is 24.1 Å². The van der Waals surface area contributed by atoms with Crippen LogP contribution >= 0.6 is 0 Å². The van der Waals surface area contributed by atoms with Gasteiger partial charge in [-0.2, -0.15) is 18.3 Å². The maximum Gasteiger partial charge on any atom is 0.490 e. The van der Waals surface area contributed by atoms with Crippen LogP contribution in [0.15, 0.2) is 77.9 Å². The molecule has 0 fully saturated rings. The van der Waals surface area contributed by atoms with Gasteiger partial charge in [0.15, 0.2) is 0 Å². The van der Waals surface area contributed by atoms with Gasteiger partial charge >= 0.3 is 12.1 Å². The fraction of sp³-hybridized carbons (Fsp3) is 0.143. The van der Waals surface area contributed by atoms with Crippen molar-refractivity contribution >= 4 is 40.6 Å². The van der Waals surface area contributed by atoms with E-state index in [1.807, 2.05) is 66.7 Å². The van der Waals surface area contributed by atoms with Crippen LogP contribution in [0, 0.1) is 0 Å². The largest absolute Gasteiger partial charge is 0.490 e. The fourth-order valence-corrected chi connectivity index (χ4v) is 4.12. The molecule has 1 atom stereocenters. The molecule has 206 valence electrons. The number of H-pyrrole nitrogens is 1. The molecule has 0 bridgehead atoms. The first-order valence-corrected chi connectivity index (χ1v) is 12.0. The number of benzene rings is 3. The number of carboxylic acids is 1. The van der Waals surface area contributed by atoms with Crippen molar-refractivity contribution in [3.05, 3.63) is 89.5 Å². The van der Waals surface area contributed by atoms with Gasteiger partial charge in [0.05, 0.1) is 23.5 Å². The lowest BCUT2D eigenvalue weighted by Crippen LogP contribution is -2.36. The van der Waals surface area contributed by atoms with Crippen LogP contribution in [0.1, 0.15) is 27.9 Å². The molecule has 0 saturated carbocycles. The summed E-state index contributed by atoms with van der Waals surface area (Å²) in [6.07, 6.45) is -2.21. The second-order valence-electron chi connectivity index (χ2n) is 8.85. The molecule has 0 radical (unpaired) electrons. The second kappa shape index (κ2) is 11.8. The van der Waals surface area contributed by atoms with Crippen LogP contribution in [-0.2, 0) is 16.0 Å². The van der Waals surface area contributed by atoms with Crippen LogP contribution < -0.4 is 16.5 Å². The third-order valence-corrected chi connectivity index (χ3v) is 6.04. The Morgan fingerprint density at radius 2 is 1.65 bits per heavy atom. The van der Waals surface area contributed by atoms with Gasteiger partial charge in [0, 0.05) is 22.2 Å². The summed E-state index contributed by atoms with van der Waals surface area (Å²) in [5.74, 6) is -3.39. The molecule has 12 heteroatoms. The normalized spacial score (nSPS) is 13.1. The summed E-state index contributed by atoms with van der Waals surface area (Å²) in [6, 6.07) is 22.6. The molecule has 0 aliphatic carbocycles. The first kappa shape index (κ1) is 28.0. The number of carbonyl (C=O) groups is 3. The molecule has 1 aromatic heterocycles. The smallest absolute Gasteiger partial charge is 0.475 e. The van der Waals surface area contributed by atoms with Gasteiger partial charge < -0.3 is 21.1 Å². The molecular weight excluding hydrogens is 527 g/mol.